The second-order valence-corrected chi connectivity index (χ2v) is 0.815. The van der Waals surface area contributed by atoms with Gasteiger partial charge in [-0.05, 0) is 6.16 Å². The predicted octanol–water partition coefficient (Wildman–Crippen LogP) is -7.99. The monoisotopic (exact) mass is 246 g/mol. The van der Waals surface area contributed by atoms with Gasteiger partial charge >= 0.3 is 93.3 Å². The van der Waals surface area contributed by atoms with Gasteiger partial charge in [0, 0.05) is 0 Å². The van der Waals surface area contributed by atoms with Crippen molar-refractivity contribution < 1.29 is 126 Å². The van der Waals surface area contributed by atoms with Gasteiger partial charge in [0.2, 0.25) is 0 Å². The summed E-state index contributed by atoms with van der Waals surface area (Å²) in [7, 11) is 0. The van der Waals surface area contributed by atoms with Gasteiger partial charge < -0.3 is 35.4 Å². The van der Waals surface area contributed by atoms with E-state index in [2.05, 4.69) is 0 Å². The summed E-state index contributed by atoms with van der Waals surface area (Å²) in [5.74, 6) is 0. The van der Waals surface area contributed by atoms with Gasteiger partial charge in [-0.1, -0.05) is 0 Å². The van der Waals surface area contributed by atoms with Crippen LogP contribution < -0.4 is 91.2 Å². The van der Waals surface area contributed by atoms with E-state index >= 15 is 0 Å². The molecule has 72 valence electrons. The Labute approximate surface area is 142 Å². The first-order valence-electron chi connectivity index (χ1n) is 1.92. The molecule has 0 spiro atoms. The number of rotatable bonds is 0. The van der Waals surface area contributed by atoms with Crippen LogP contribution in [-0.4, -0.2) is 38.9 Å². The van der Waals surface area contributed by atoms with Crippen LogP contribution in [0.15, 0.2) is 0 Å². The molecular weight excluding hydrogens is 242 g/mol. The predicted molar refractivity (Wildman–Crippen MR) is 26.7 cm³/mol. The quantitative estimate of drug-likeness (QED) is 0.302. The van der Waals surface area contributed by atoms with Gasteiger partial charge in [-0.25, -0.2) is 9.59 Å². The molecule has 0 atom stereocenters. The van der Waals surface area contributed by atoms with E-state index in [4.69, 9.17) is 45.0 Å². The third-order valence-electron chi connectivity index (χ3n) is 0. The zero-order chi connectivity index (χ0) is 10.7. The first kappa shape index (κ1) is 29.3. The van der Waals surface area contributed by atoms with E-state index < -0.39 is 18.5 Å². The molecule has 0 saturated heterocycles. The van der Waals surface area contributed by atoms with Crippen LogP contribution in [0.25, 0.3) is 0 Å². The Balaban J connectivity index is -0.0000000270. The molecule has 0 aromatic carbocycles. The van der Waals surface area contributed by atoms with E-state index in [0.717, 1.165) is 0 Å². The molecule has 14 heavy (non-hydrogen) atoms. The van der Waals surface area contributed by atoms with Crippen molar-refractivity contribution in [1.82, 2.24) is 0 Å². The zero-order valence-corrected chi connectivity index (χ0v) is 12.5. The summed E-state index contributed by atoms with van der Waals surface area (Å²) in [6.45, 7) is 0. The minimum atomic E-state index is -2.33. The molecule has 4 N–H and O–H groups in total. The first-order chi connectivity index (χ1) is 5.20. The minimum absolute atomic E-state index is 0. The van der Waals surface area contributed by atoms with E-state index in [1.807, 2.05) is 0 Å². The molecule has 0 saturated carbocycles. The molecule has 0 aromatic heterocycles. The van der Waals surface area contributed by atoms with E-state index in [1.54, 1.807) is 0 Å². The Morgan fingerprint density at radius 2 is 0.786 bits per heavy atom. The molecule has 0 aliphatic rings. The summed E-state index contributed by atoms with van der Waals surface area (Å²) >= 11 is 0. The fraction of sp³-hybridized carbons (Fsp3) is 0. The molecule has 0 rings (SSSR count). The Morgan fingerprint density at radius 3 is 0.786 bits per heavy atom. The number of carbonyl (C=O) groups excluding carboxylic acids is 1. The second-order valence-electron chi connectivity index (χ2n) is 0.815. The molecule has 0 bridgehead atoms. The molecule has 9 nitrogen and oxygen atoms in total. The Kier molecular flexibility index (Phi) is 48.8. The van der Waals surface area contributed by atoms with Crippen LogP contribution in [0.5, 0.6) is 0 Å². The van der Waals surface area contributed by atoms with Crippen molar-refractivity contribution in [3.63, 3.8) is 0 Å². The molecule has 0 aromatic rings. The fourth-order valence-electron chi connectivity index (χ4n) is 0. The maximum absolute atomic E-state index is 8.56. The van der Waals surface area contributed by atoms with Gasteiger partial charge in [-0.3, -0.25) is 0 Å². The van der Waals surface area contributed by atoms with Crippen molar-refractivity contribution in [3.8, 4) is 0 Å². The van der Waals surface area contributed by atoms with Crippen LogP contribution in [0.1, 0.15) is 0 Å². The van der Waals surface area contributed by atoms with Gasteiger partial charge in [0.25, 0.3) is 0 Å². The Bertz CT molecular complexity index is 118. The summed E-state index contributed by atoms with van der Waals surface area (Å²) in [6.07, 6.45) is -6.00. The number of carboxylic acid groups (broad SMARTS) is 6. The maximum atomic E-state index is 8.56. The number of hydrogen-bond donors (Lipinski definition) is 4. The van der Waals surface area contributed by atoms with Gasteiger partial charge in [-0.2, -0.15) is 0 Å². The van der Waals surface area contributed by atoms with Gasteiger partial charge in [-0.15, -0.1) is 0 Å². The summed E-state index contributed by atoms with van der Waals surface area (Å²) in [4.78, 5) is 25.4. The molecule has 0 aliphatic heterocycles. The fourth-order valence-corrected chi connectivity index (χ4v) is 0. The van der Waals surface area contributed by atoms with Crippen molar-refractivity contribution in [3.05, 3.63) is 0 Å². The van der Waals surface area contributed by atoms with Crippen molar-refractivity contribution >= 4 is 18.5 Å². The van der Waals surface area contributed by atoms with E-state index in [0.29, 0.717) is 0 Å². The van der Waals surface area contributed by atoms with Crippen LogP contribution in [0.4, 0.5) is 14.4 Å². The van der Waals surface area contributed by atoms with Gasteiger partial charge in [0.1, 0.15) is 0 Å². The van der Waals surface area contributed by atoms with E-state index in [9.17, 15) is 0 Å². The Hall–Kier alpha value is 0.446. The third kappa shape index (κ3) is 8180. The molecule has 0 radical (unpaired) electrons. The van der Waals surface area contributed by atoms with Crippen LogP contribution in [0.2, 0.25) is 0 Å². The normalized spacial score (nSPS) is 5.14. The average Bonchev–Trinajstić information content (AvgIpc) is 1.54. The molecule has 0 fully saturated rings. The standard InChI is InChI=1S/3CH2O3.K.Na/c3*2-1(3)4;;/h3*(H2,2,3,4);;/q;;;2*+1/p-2. The average molecular weight is 246 g/mol. The maximum Gasteiger partial charge on any atom is 1.00 e. The van der Waals surface area contributed by atoms with Gasteiger partial charge in [0.15, 0.2) is 0 Å². The van der Waals surface area contributed by atoms with E-state index in [-0.39, 0.29) is 80.9 Å². The smallest absolute Gasteiger partial charge is 0.652 e. The van der Waals surface area contributed by atoms with Crippen LogP contribution in [0.3, 0.4) is 0 Å². The molecule has 0 unspecified atom stereocenters. The van der Waals surface area contributed by atoms with Crippen LogP contribution in [-0.2, 0) is 0 Å². The molecule has 11 heteroatoms. The molecule has 0 aliphatic carbocycles. The summed E-state index contributed by atoms with van der Waals surface area (Å²) in [5.41, 5.74) is 0. The zero-order valence-electron chi connectivity index (χ0n) is 7.33. The van der Waals surface area contributed by atoms with Crippen LogP contribution >= 0.6 is 0 Å². The second kappa shape index (κ2) is 23.3. The third-order valence-corrected chi connectivity index (χ3v) is 0. The molecule has 0 amide bonds. The van der Waals surface area contributed by atoms with Crippen molar-refractivity contribution in [2.24, 2.45) is 0 Å². The van der Waals surface area contributed by atoms with Crippen molar-refractivity contribution in [2.75, 3.05) is 0 Å². The SMILES string of the molecule is O=C(O)O.O=C(O)O.O=C([O-])[O-].[K+].[Na+]. The van der Waals surface area contributed by atoms with Crippen molar-refractivity contribution in [1.29, 1.82) is 0 Å². The first-order valence-corrected chi connectivity index (χ1v) is 1.92. The number of carbonyl (C=O) groups is 3. The molecule has 0 heterocycles. The minimum Gasteiger partial charge on any atom is -0.652 e. The summed E-state index contributed by atoms with van der Waals surface area (Å²) in [6, 6.07) is 0. The van der Waals surface area contributed by atoms with Crippen molar-refractivity contribution in [2.45, 2.75) is 0 Å². The van der Waals surface area contributed by atoms with Gasteiger partial charge in [0.05, 0.1) is 0 Å². The number of hydrogen-bond acceptors (Lipinski definition) is 5. The largest absolute Gasteiger partial charge is 1.00 e. The summed E-state index contributed by atoms with van der Waals surface area (Å²) in [5, 5.41) is 44.6. The molecular formula is C3H4KNaO9. The van der Waals surface area contributed by atoms with Crippen LogP contribution in [0, 0.1) is 0 Å². The summed E-state index contributed by atoms with van der Waals surface area (Å²) < 4.78 is 0. The van der Waals surface area contributed by atoms with E-state index in [1.165, 1.54) is 0 Å². The Morgan fingerprint density at radius 1 is 0.786 bits per heavy atom. The topological polar surface area (TPSA) is 178 Å².